The van der Waals surface area contributed by atoms with Gasteiger partial charge < -0.3 is 0 Å². The van der Waals surface area contributed by atoms with Crippen LogP contribution in [-0.2, 0) is 9.59 Å². The summed E-state index contributed by atoms with van der Waals surface area (Å²) in [7, 11) is 0. The number of para-hydroxylation sites is 1. The normalized spacial score (nSPS) is 16.6. The number of amides is 4. The van der Waals surface area contributed by atoms with Crippen molar-refractivity contribution in [2.75, 3.05) is 5.43 Å². The second kappa shape index (κ2) is 5.53. The number of aromatic nitrogens is 1. The van der Waals surface area contributed by atoms with E-state index in [2.05, 4.69) is 15.5 Å². The van der Waals surface area contributed by atoms with E-state index in [1.807, 2.05) is 34.9 Å². The highest BCUT2D eigenvalue weighted by molar-refractivity contribution is 7.22. The van der Waals surface area contributed by atoms with E-state index in [0.29, 0.717) is 5.13 Å². The van der Waals surface area contributed by atoms with Gasteiger partial charge in [-0.1, -0.05) is 23.5 Å². The summed E-state index contributed by atoms with van der Waals surface area (Å²) in [6, 6.07) is 6.78. The van der Waals surface area contributed by atoms with Crippen LogP contribution in [0.25, 0.3) is 10.2 Å². The Hall–Kier alpha value is -2.81. The molecule has 0 unspecified atom stereocenters. The second-order valence-electron chi connectivity index (χ2n) is 4.59. The van der Waals surface area contributed by atoms with Gasteiger partial charge >= 0.3 is 6.03 Å². The molecule has 0 atom stereocenters. The third-order valence-corrected chi connectivity index (χ3v) is 3.98. The summed E-state index contributed by atoms with van der Waals surface area (Å²) in [5.74, 6) is -2.53. The number of nitrogens with zero attached hydrogens (tertiary/aromatic N) is 2. The second-order valence-corrected chi connectivity index (χ2v) is 5.62. The molecular weight excluding hydrogens is 306 g/mol. The van der Waals surface area contributed by atoms with E-state index >= 15 is 0 Å². The maximum absolute atomic E-state index is 11.7. The lowest BCUT2D eigenvalue weighted by atomic mass is 10.0. The monoisotopic (exact) mass is 317 g/mol. The lowest BCUT2D eigenvalue weighted by Crippen LogP contribution is -2.57. The molecule has 0 radical (unpaired) electrons. The molecule has 1 aromatic heterocycles. The van der Waals surface area contributed by atoms with E-state index in [-0.39, 0.29) is 5.71 Å². The maximum atomic E-state index is 11.7. The molecule has 1 aliphatic rings. The fourth-order valence-electron chi connectivity index (χ4n) is 2.02. The zero-order valence-corrected chi connectivity index (χ0v) is 12.2. The third kappa shape index (κ3) is 2.66. The Morgan fingerprint density at radius 3 is 2.59 bits per heavy atom. The van der Waals surface area contributed by atoms with Gasteiger partial charge in [0.25, 0.3) is 0 Å². The van der Waals surface area contributed by atoms with Crippen molar-refractivity contribution < 1.29 is 14.4 Å². The number of hydrogen-bond acceptors (Lipinski definition) is 7. The molecule has 3 N–H and O–H groups in total. The van der Waals surface area contributed by atoms with Crippen molar-refractivity contribution >= 4 is 50.2 Å². The van der Waals surface area contributed by atoms with Gasteiger partial charge in [0.15, 0.2) is 5.92 Å². The Balaban J connectivity index is 1.78. The lowest BCUT2D eigenvalue weighted by molar-refractivity contribution is -0.132. The molecule has 2 heterocycles. The summed E-state index contributed by atoms with van der Waals surface area (Å²) < 4.78 is 0.997. The number of carbonyl (C=O) groups is 3. The Bertz CT molecular complexity index is 760. The largest absolute Gasteiger partial charge is 0.328 e. The highest BCUT2D eigenvalue weighted by atomic mass is 32.1. The minimum atomic E-state index is -1.14. The van der Waals surface area contributed by atoms with Gasteiger partial charge in [0.2, 0.25) is 16.9 Å². The van der Waals surface area contributed by atoms with Crippen molar-refractivity contribution in [2.45, 2.75) is 6.92 Å². The summed E-state index contributed by atoms with van der Waals surface area (Å²) in [4.78, 5) is 38.7. The number of carbonyl (C=O) groups excluding carboxylic acids is 3. The van der Waals surface area contributed by atoms with Crippen LogP contribution in [0, 0.1) is 5.92 Å². The molecule has 0 aliphatic carbocycles. The first-order valence-corrected chi connectivity index (χ1v) is 7.17. The number of thiazole rings is 1. The molecule has 2 aromatic rings. The van der Waals surface area contributed by atoms with Crippen LogP contribution in [0.4, 0.5) is 9.93 Å². The summed E-state index contributed by atoms with van der Waals surface area (Å²) in [5.41, 5.74) is 3.81. The van der Waals surface area contributed by atoms with E-state index in [9.17, 15) is 14.4 Å². The van der Waals surface area contributed by atoms with E-state index in [4.69, 9.17) is 0 Å². The smallest absolute Gasteiger partial charge is 0.277 e. The number of imide groups is 2. The predicted molar refractivity (Wildman–Crippen MR) is 81.5 cm³/mol. The Morgan fingerprint density at radius 2 is 1.91 bits per heavy atom. The van der Waals surface area contributed by atoms with Crippen molar-refractivity contribution in [1.82, 2.24) is 15.6 Å². The van der Waals surface area contributed by atoms with Gasteiger partial charge in [-0.2, -0.15) is 5.10 Å². The molecule has 3 rings (SSSR count). The molecule has 1 saturated heterocycles. The number of barbiturate groups is 1. The number of fused-ring (bicyclic) bond motifs is 1. The van der Waals surface area contributed by atoms with Crippen LogP contribution in [0.5, 0.6) is 0 Å². The molecular formula is C13H11N5O3S. The van der Waals surface area contributed by atoms with Crippen LogP contribution in [0.1, 0.15) is 6.92 Å². The van der Waals surface area contributed by atoms with Gasteiger partial charge in [-0.25, -0.2) is 9.78 Å². The van der Waals surface area contributed by atoms with E-state index in [1.165, 1.54) is 18.3 Å². The summed E-state index contributed by atoms with van der Waals surface area (Å²) in [5, 5.41) is 8.63. The highest BCUT2D eigenvalue weighted by Crippen LogP contribution is 2.25. The first-order chi connectivity index (χ1) is 10.5. The van der Waals surface area contributed by atoms with Crippen molar-refractivity contribution in [1.29, 1.82) is 0 Å². The van der Waals surface area contributed by atoms with Gasteiger partial charge in [0.1, 0.15) is 0 Å². The Labute approximate surface area is 128 Å². The van der Waals surface area contributed by atoms with E-state index in [0.717, 1.165) is 10.2 Å². The molecule has 4 amide bonds. The molecule has 9 heteroatoms. The van der Waals surface area contributed by atoms with Gasteiger partial charge in [-0.05, 0) is 19.1 Å². The highest BCUT2D eigenvalue weighted by Gasteiger charge is 2.36. The zero-order valence-electron chi connectivity index (χ0n) is 11.4. The van der Waals surface area contributed by atoms with Crippen LogP contribution in [-0.4, -0.2) is 28.5 Å². The average Bonchev–Trinajstić information content (AvgIpc) is 2.86. The van der Waals surface area contributed by atoms with Crippen LogP contribution < -0.4 is 16.1 Å². The number of nitrogens with one attached hydrogen (secondary N) is 3. The molecule has 112 valence electrons. The molecule has 0 bridgehead atoms. The van der Waals surface area contributed by atoms with Gasteiger partial charge in [-0.3, -0.25) is 25.6 Å². The summed E-state index contributed by atoms with van der Waals surface area (Å²) in [6.07, 6.45) is 0. The molecule has 8 nitrogen and oxygen atoms in total. The molecule has 1 fully saturated rings. The number of rotatable bonds is 3. The van der Waals surface area contributed by atoms with Crippen molar-refractivity contribution in [3.05, 3.63) is 24.3 Å². The minimum Gasteiger partial charge on any atom is -0.277 e. The topological polar surface area (TPSA) is 113 Å². The number of benzene rings is 1. The fraction of sp³-hybridized carbons (Fsp3) is 0.154. The quantitative estimate of drug-likeness (QED) is 0.445. The fourth-order valence-corrected chi connectivity index (χ4v) is 2.83. The van der Waals surface area contributed by atoms with E-state index in [1.54, 1.807) is 0 Å². The van der Waals surface area contributed by atoms with Gasteiger partial charge in [0.05, 0.1) is 15.9 Å². The maximum Gasteiger partial charge on any atom is 0.328 e. The Morgan fingerprint density at radius 1 is 1.23 bits per heavy atom. The number of urea groups is 1. The van der Waals surface area contributed by atoms with Crippen LogP contribution in [0.3, 0.4) is 0 Å². The molecule has 0 saturated carbocycles. The molecule has 1 aromatic carbocycles. The van der Waals surface area contributed by atoms with Crippen molar-refractivity contribution in [3.63, 3.8) is 0 Å². The van der Waals surface area contributed by atoms with Crippen molar-refractivity contribution in [2.24, 2.45) is 11.0 Å². The number of anilines is 1. The van der Waals surface area contributed by atoms with Crippen LogP contribution in [0.15, 0.2) is 29.4 Å². The minimum absolute atomic E-state index is 0.238. The number of hydrogen-bond donors (Lipinski definition) is 3. The van der Waals surface area contributed by atoms with Crippen LogP contribution >= 0.6 is 11.3 Å². The zero-order chi connectivity index (χ0) is 15.7. The summed E-state index contributed by atoms with van der Waals surface area (Å²) >= 11 is 1.40. The first-order valence-electron chi connectivity index (χ1n) is 6.36. The van der Waals surface area contributed by atoms with Crippen LogP contribution in [0.2, 0.25) is 0 Å². The van der Waals surface area contributed by atoms with Gasteiger partial charge in [-0.15, -0.1) is 0 Å². The first kappa shape index (κ1) is 14.1. The SMILES string of the molecule is CC(=NNc1nc2ccccc2s1)C1C(=O)NC(=O)NC1=O. The molecule has 1 aliphatic heterocycles. The van der Waals surface area contributed by atoms with Crippen molar-refractivity contribution in [3.8, 4) is 0 Å². The number of hydrazone groups is 1. The Kier molecular flexibility index (Phi) is 3.55. The molecule has 22 heavy (non-hydrogen) atoms. The van der Waals surface area contributed by atoms with E-state index < -0.39 is 23.8 Å². The third-order valence-electron chi connectivity index (χ3n) is 3.04. The molecule has 0 spiro atoms. The average molecular weight is 317 g/mol. The summed E-state index contributed by atoms with van der Waals surface area (Å²) in [6.45, 7) is 1.53. The standard InChI is InChI=1S/C13H11N5O3S/c1-6(9-10(19)15-12(21)16-11(9)20)17-18-13-14-7-4-2-3-5-8(7)22-13/h2-5,9H,1H3,(H,14,18)(H2,15,16,19,20,21). The predicted octanol–water partition coefficient (Wildman–Crippen LogP) is 1.07. The lowest BCUT2D eigenvalue weighted by Gasteiger charge is -2.20. The van der Waals surface area contributed by atoms with Gasteiger partial charge in [0, 0.05) is 0 Å².